The van der Waals surface area contributed by atoms with Gasteiger partial charge in [-0.25, -0.2) is 8.78 Å². The molecule has 2 amide bonds. The third-order valence-electron chi connectivity index (χ3n) is 6.56. The van der Waals surface area contributed by atoms with Crippen molar-refractivity contribution in [2.75, 3.05) is 31.4 Å². The van der Waals surface area contributed by atoms with Crippen molar-refractivity contribution in [1.82, 2.24) is 10.3 Å². The quantitative estimate of drug-likeness (QED) is 0.118. The van der Waals surface area contributed by atoms with Crippen LogP contribution in [0.5, 0.6) is 23.0 Å². The van der Waals surface area contributed by atoms with Crippen molar-refractivity contribution in [3.8, 4) is 23.0 Å². The second kappa shape index (κ2) is 12.5. The molecule has 4 aromatic rings. The Bertz CT molecular complexity index is 1660. The number of benzene rings is 3. The SMILES string of the molecule is COc1cc2nccc(Oc3ccc(NC(=O)/C(=C/NCC4CC4)C(=O)Nc4ccc(F)cc4)cc3F)c2cc1OC. The molecule has 0 saturated heterocycles. The van der Waals surface area contributed by atoms with Gasteiger partial charge in [0.2, 0.25) is 0 Å². The van der Waals surface area contributed by atoms with Gasteiger partial charge in [0.15, 0.2) is 23.1 Å². The topological polar surface area (TPSA) is 111 Å². The highest BCUT2D eigenvalue weighted by atomic mass is 19.1. The Labute approximate surface area is 240 Å². The summed E-state index contributed by atoms with van der Waals surface area (Å²) < 4.78 is 45.0. The van der Waals surface area contributed by atoms with Crippen molar-refractivity contribution in [3.05, 3.63) is 90.3 Å². The molecule has 0 bridgehead atoms. The standard InChI is InChI=1S/C31H28F2N4O5/c1-40-28-14-22-25(15-29(28)41-2)35-12-11-26(22)42-27-10-9-21(13-24(27)33)37-31(39)23(17-34-16-18-3-4-18)30(38)36-20-7-5-19(32)6-8-20/h5-15,17-18,34H,3-4,16H2,1-2H3,(H,36,38)(H,37,39)/b23-17+. The number of methoxy groups -OCH3 is 2. The largest absolute Gasteiger partial charge is 0.493 e. The molecular weight excluding hydrogens is 546 g/mol. The number of ether oxygens (including phenoxy) is 3. The minimum absolute atomic E-state index is 0.0915. The van der Waals surface area contributed by atoms with Crippen LogP contribution in [0.1, 0.15) is 12.8 Å². The summed E-state index contributed by atoms with van der Waals surface area (Å²) in [6.45, 7) is 0.615. The van der Waals surface area contributed by atoms with Crippen molar-refractivity contribution >= 4 is 34.1 Å². The van der Waals surface area contributed by atoms with Crippen molar-refractivity contribution in [2.45, 2.75) is 12.8 Å². The summed E-state index contributed by atoms with van der Waals surface area (Å²) in [6, 6.07) is 14.0. The highest BCUT2D eigenvalue weighted by molar-refractivity contribution is 6.26. The van der Waals surface area contributed by atoms with E-state index in [4.69, 9.17) is 14.2 Å². The van der Waals surface area contributed by atoms with E-state index in [0.29, 0.717) is 46.3 Å². The van der Waals surface area contributed by atoms with E-state index in [-0.39, 0.29) is 17.0 Å². The molecule has 0 unspecified atom stereocenters. The summed E-state index contributed by atoms with van der Waals surface area (Å²) in [6.07, 6.45) is 5.01. The number of nitrogens with zero attached hydrogens (tertiary/aromatic N) is 1. The predicted molar refractivity (Wildman–Crippen MR) is 154 cm³/mol. The lowest BCUT2D eigenvalue weighted by Crippen LogP contribution is -2.27. The minimum atomic E-state index is -0.757. The Morgan fingerprint density at radius 1 is 0.857 bits per heavy atom. The molecule has 1 fully saturated rings. The van der Waals surface area contributed by atoms with Crippen LogP contribution in [-0.2, 0) is 9.59 Å². The van der Waals surface area contributed by atoms with Crippen molar-refractivity contribution < 1.29 is 32.6 Å². The van der Waals surface area contributed by atoms with Gasteiger partial charge in [-0.3, -0.25) is 14.6 Å². The Hall–Kier alpha value is -5.19. The molecule has 216 valence electrons. The van der Waals surface area contributed by atoms with Crippen LogP contribution in [0.4, 0.5) is 20.2 Å². The molecule has 0 spiro atoms. The highest BCUT2D eigenvalue weighted by Gasteiger charge is 2.23. The maximum atomic E-state index is 15.2. The molecule has 1 saturated carbocycles. The first kappa shape index (κ1) is 28.3. The Morgan fingerprint density at radius 2 is 1.52 bits per heavy atom. The summed E-state index contributed by atoms with van der Waals surface area (Å²) in [7, 11) is 3.02. The molecule has 1 aliphatic carbocycles. The minimum Gasteiger partial charge on any atom is -0.493 e. The van der Waals surface area contributed by atoms with Crippen molar-refractivity contribution in [2.24, 2.45) is 5.92 Å². The van der Waals surface area contributed by atoms with Gasteiger partial charge in [0, 0.05) is 47.8 Å². The van der Waals surface area contributed by atoms with Gasteiger partial charge >= 0.3 is 0 Å². The average molecular weight is 575 g/mol. The monoisotopic (exact) mass is 574 g/mol. The number of aromatic nitrogens is 1. The lowest BCUT2D eigenvalue weighted by atomic mass is 10.1. The van der Waals surface area contributed by atoms with E-state index in [1.165, 1.54) is 63.0 Å². The van der Waals surface area contributed by atoms with Gasteiger partial charge in [0.1, 0.15) is 17.1 Å². The molecule has 0 atom stereocenters. The normalized spacial score (nSPS) is 12.9. The number of anilines is 2. The molecule has 3 aromatic carbocycles. The van der Waals surface area contributed by atoms with Crippen LogP contribution in [0.3, 0.4) is 0 Å². The zero-order valence-corrected chi connectivity index (χ0v) is 22.9. The van der Waals surface area contributed by atoms with E-state index < -0.39 is 23.4 Å². The van der Waals surface area contributed by atoms with Crippen LogP contribution < -0.4 is 30.2 Å². The van der Waals surface area contributed by atoms with Gasteiger partial charge in [-0.05, 0) is 67.3 Å². The molecule has 0 aliphatic heterocycles. The van der Waals surface area contributed by atoms with Crippen LogP contribution in [0.15, 0.2) is 78.6 Å². The number of carbonyl (C=O) groups excluding carboxylic acids is 2. The smallest absolute Gasteiger partial charge is 0.262 e. The van der Waals surface area contributed by atoms with E-state index in [2.05, 4.69) is 20.9 Å². The fraction of sp³-hybridized carbons (Fsp3) is 0.194. The molecule has 1 aliphatic rings. The fourth-order valence-electron chi connectivity index (χ4n) is 4.13. The highest BCUT2D eigenvalue weighted by Crippen LogP contribution is 2.37. The average Bonchev–Trinajstić information content (AvgIpc) is 3.81. The van der Waals surface area contributed by atoms with Crippen LogP contribution in [0.2, 0.25) is 0 Å². The van der Waals surface area contributed by atoms with Crippen LogP contribution >= 0.6 is 0 Å². The van der Waals surface area contributed by atoms with Crippen molar-refractivity contribution in [1.29, 1.82) is 0 Å². The third-order valence-corrected chi connectivity index (χ3v) is 6.56. The molecule has 0 radical (unpaired) electrons. The first-order chi connectivity index (χ1) is 20.3. The second-order valence-corrected chi connectivity index (χ2v) is 9.61. The molecule has 1 heterocycles. The summed E-state index contributed by atoms with van der Waals surface area (Å²) in [5, 5.41) is 8.72. The van der Waals surface area contributed by atoms with E-state index in [9.17, 15) is 14.0 Å². The maximum Gasteiger partial charge on any atom is 0.262 e. The number of hydrogen-bond acceptors (Lipinski definition) is 7. The van der Waals surface area contributed by atoms with Gasteiger partial charge in [-0.2, -0.15) is 0 Å². The molecule has 3 N–H and O–H groups in total. The number of hydrogen-bond donors (Lipinski definition) is 3. The number of pyridine rings is 1. The zero-order valence-electron chi connectivity index (χ0n) is 22.9. The summed E-state index contributed by atoms with van der Waals surface area (Å²) in [5.74, 6) is -0.985. The maximum absolute atomic E-state index is 15.2. The summed E-state index contributed by atoms with van der Waals surface area (Å²) >= 11 is 0. The van der Waals surface area contributed by atoms with Crippen molar-refractivity contribution in [3.63, 3.8) is 0 Å². The molecule has 1 aromatic heterocycles. The first-order valence-corrected chi connectivity index (χ1v) is 13.1. The van der Waals surface area contributed by atoms with E-state index in [1.54, 1.807) is 18.2 Å². The third kappa shape index (κ3) is 6.74. The Kier molecular flexibility index (Phi) is 8.47. The van der Waals surface area contributed by atoms with E-state index in [1.807, 2.05) is 0 Å². The lowest BCUT2D eigenvalue weighted by molar-refractivity contribution is -0.118. The van der Waals surface area contributed by atoms with Gasteiger partial charge in [0.25, 0.3) is 11.8 Å². The van der Waals surface area contributed by atoms with E-state index >= 15 is 4.39 Å². The second-order valence-electron chi connectivity index (χ2n) is 9.61. The molecular formula is C31H28F2N4O5. The number of carbonyl (C=O) groups is 2. The van der Waals surface area contributed by atoms with Gasteiger partial charge in [-0.1, -0.05) is 0 Å². The van der Waals surface area contributed by atoms with E-state index in [0.717, 1.165) is 18.9 Å². The fourth-order valence-corrected chi connectivity index (χ4v) is 4.13. The van der Waals surface area contributed by atoms with Crippen LogP contribution in [0, 0.1) is 17.6 Å². The predicted octanol–water partition coefficient (Wildman–Crippen LogP) is 5.78. The Morgan fingerprint density at radius 3 is 2.19 bits per heavy atom. The molecule has 42 heavy (non-hydrogen) atoms. The number of halogens is 2. The first-order valence-electron chi connectivity index (χ1n) is 13.1. The van der Waals surface area contributed by atoms with Gasteiger partial charge < -0.3 is 30.2 Å². The summed E-state index contributed by atoms with van der Waals surface area (Å²) in [4.78, 5) is 30.4. The summed E-state index contributed by atoms with van der Waals surface area (Å²) in [5.41, 5.74) is 0.754. The molecule has 9 nitrogen and oxygen atoms in total. The number of fused-ring (bicyclic) bond motifs is 1. The zero-order chi connectivity index (χ0) is 29.6. The van der Waals surface area contributed by atoms with Gasteiger partial charge in [-0.15, -0.1) is 0 Å². The Balaban J connectivity index is 1.33. The van der Waals surface area contributed by atoms with Crippen LogP contribution in [-0.4, -0.2) is 37.6 Å². The molecule has 5 rings (SSSR count). The number of nitrogens with one attached hydrogen (secondary N) is 3. The molecule has 11 heteroatoms. The van der Waals surface area contributed by atoms with Crippen LogP contribution in [0.25, 0.3) is 10.9 Å². The lowest BCUT2D eigenvalue weighted by Gasteiger charge is -2.14. The number of amides is 2. The number of rotatable bonds is 11. The van der Waals surface area contributed by atoms with Gasteiger partial charge in [0.05, 0.1) is 19.7 Å².